The molecule has 7 heteroatoms. The fourth-order valence-electron chi connectivity index (χ4n) is 4.38. The van der Waals surface area contributed by atoms with E-state index in [1.165, 1.54) is 0 Å². The Morgan fingerprint density at radius 3 is 2.61 bits per heavy atom. The molecule has 1 saturated heterocycles. The number of likely N-dealkylation sites (N-methyl/N-ethyl adjacent to an activating group) is 1. The number of rotatable bonds is 6. The molecule has 0 aliphatic carbocycles. The molecule has 3 heterocycles. The van der Waals surface area contributed by atoms with Crippen LogP contribution in [0.15, 0.2) is 66.9 Å². The van der Waals surface area contributed by atoms with Gasteiger partial charge in [-0.05, 0) is 80.9 Å². The molecule has 170 valence electrons. The first-order valence-electron chi connectivity index (χ1n) is 11.2. The van der Waals surface area contributed by atoms with Crippen LogP contribution in [0.1, 0.15) is 6.42 Å². The highest BCUT2D eigenvalue weighted by atomic mass is 31.2. The van der Waals surface area contributed by atoms with Gasteiger partial charge in [-0.2, -0.15) is 0 Å². The van der Waals surface area contributed by atoms with Gasteiger partial charge in [-0.15, -0.1) is 0 Å². The number of para-hydroxylation sites is 1. The lowest BCUT2D eigenvalue weighted by molar-refractivity contribution is 0.208. The van der Waals surface area contributed by atoms with Gasteiger partial charge in [0, 0.05) is 41.4 Å². The maximum atomic E-state index is 12.8. The van der Waals surface area contributed by atoms with E-state index in [2.05, 4.69) is 45.4 Å². The number of ether oxygens (including phenoxy) is 1. The van der Waals surface area contributed by atoms with Crippen LogP contribution in [0, 0.1) is 0 Å². The summed E-state index contributed by atoms with van der Waals surface area (Å²) >= 11 is 0. The Morgan fingerprint density at radius 1 is 1.09 bits per heavy atom. The third-order valence-electron chi connectivity index (χ3n) is 6.10. The van der Waals surface area contributed by atoms with Crippen LogP contribution in [0.5, 0.6) is 5.75 Å². The zero-order valence-electron chi connectivity index (χ0n) is 19.2. The first-order valence-corrected chi connectivity index (χ1v) is 13.8. The average molecular weight is 461 g/mol. The second-order valence-corrected chi connectivity index (χ2v) is 12.3. The fourth-order valence-corrected chi connectivity index (χ4v) is 5.54. The lowest BCUT2D eigenvalue weighted by Gasteiger charge is -2.15. The lowest BCUT2D eigenvalue weighted by atomic mass is 10.1. The normalized spacial score (nSPS) is 16.9. The molecule has 4 aromatic rings. The van der Waals surface area contributed by atoms with E-state index in [0.29, 0.717) is 0 Å². The summed E-state index contributed by atoms with van der Waals surface area (Å²) in [5.74, 6) is 0.899. The highest BCUT2D eigenvalue weighted by molar-refractivity contribution is 7.70. The van der Waals surface area contributed by atoms with Crippen molar-refractivity contribution >= 4 is 34.9 Å². The van der Waals surface area contributed by atoms with E-state index in [0.717, 1.165) is 64.2 Å². The van der Waals surface area contributed by atoms with Crippen molar-refractivity contribution in [3.05, 3.63) is 66.9 Å². The second kappa shape index (κ2) is 8.69. The van der Waals surface area contributed by atoms with Gasteiger partial charge in [-0.1, -0.05) is 12.1 Å². The maximum Gasteiger partial charge on any atom is 0.139 e. The fraction of sp³-hybridized carbons (Fsp3) is 0.269. The number of anilines is 2. The summed E-state index contributed by atoms with van der Waals surface area (Å²) in [5.41, 5.74) is 4.65. The van der Waals surface area contributed by atoms with Crippen molar-refractivity contribution in [3.8, 4) is 17.0 Å². The van der Waals surface area contributed by atoms with Crippen molar-refractivity contribution in [1.29, 1.82) is 0 Å². The van der Waals surface area contributed by atoms with E-state index in [4.69, 9.17) is 4.74 Å². The van der Waals surface area contributed by atoms with Crippen LogP contribution in [0.25, 0.3) is 22.3 Å². The second-order valence-electron chi connectivity index (χ2n) is 9.11. The third kappa shape index (κ3) is 4.68. The molecule has 1 aliphatic heterocycles. The van der Waals surface area contributed by atoms with Gasteiger partial charge in [0.1, 0.15) is 24.6 Å². The largest absolute Gasteiger partial charge is 0.489 e. The number of nitrogens with one attached hydrogen (secondary N) is 2. The molecule has 2 aromatic heterocycles. The molecule has 5 rings (SSSR count). The summed E-state index contributed by atoms with van der Waals surface area (Å²) < 4.78 is 18.9. The van der Waals surface area contributed by atoms with Gasteiger partial charge in [0.2, 0.25) is 0 Å². The summed E-state index contributed by atoms with van der Waals surface area (Å²) in [4.78, 5) is 10.2. The minimum absolute atomic E-state index is 0.260. The van der Waals surface area contributed by atoms with Crippen LogP contribution in [0.3, 0.4) is 0 Å². The molecule has 0 saturated carbocycles. The van der Waals surface area contributed by atoms with Crippen molar-refractivity contribution in [2.75, 3.05) is 38.8 Å². The molecular formula is C26H29N4O2P. The molecule has 33 heavy (non-hydrogen) atoms. The van der Waals surface area contributed by atoms with Gasteiger partial charge in [-0.3, -0.25) is 0 Å². The topological polar surface area (TPSA) is 70.2 Å². The number of aromatic amines is 1. The quantitative estimate of drug-likeness (QED) is 0.382. The van der Waals surface area contributed by atoms with Crippen LogP contribution in [-0.2, 0) is 4.57 Å². The molecule has 1 atom stereocenters. The van der Waals surface area contributed by atoms with E-state index in [1.807, 2.05) is 42.5 Å². The summed E-state index contributed by atoms with van der Waals surface area (Å²) in [7, 11) is -0.289. The van der Waals surface area contributed by atoms with Crippen molar-refractivity contribution in [1.82, 2.24) is 14.9 Å². The minimum atomic E-state index is -2.42. The number of benzene rings is 2. The predicted octanol–water partition coefficient (Wildman–Crippen LogP) is 5.30. The number of aromatic nitrogens is 2. The number of pyridine rings is 1. The van der Waals surface area contributed by atoms with Crippen LogP contribution in [-0.4, -0.2) is 54.4 Å². The summed E-state index contributed by atoms with van der Waals surface area (Å²) in [6.07, 6.45) is 3.10. The standard InChI is InChI=1S/C26H29N4O2P/c1-30-15-13-20(17-30)32-19-10-8-18(9-11-19)24-16-21-22(12-14-27-26(21)29-24)28-23-6-4-5-7-25(23)33(2,3)31/h4-12,14,16,20H,13,15,17H2,1-3H3,(H2,27,28,29)/t20-/m1/s1. The molecular weight excluding hydrogens is 431 g/mol. The monoisotopic (exact) mass is 460 g/mol. The maximum absolute atomic E-state index is 12.8. The van der Waals surface area contributed by atoms with Gasteiger partial charge in [0.05, 0.1) is 5.69 Å². The lowest BCUT2D eigenvalue weighted by Crippen LogP contribution is -2.21. The van der Waals surface area contributed by atoms with Gasteiger partial charge >= 0.3 is 0 Å². The van der Waals surface area contributed by atoms with E-state index in [-0.39, 0.29) is 6.10 Å². The Morgan fingerprint density at radius 2 is 1.88 bits per heavy atom. The van der Waals surface area contributed by atoms with Crippen LogP contribution in [0.4, 0.5) is 11.4 Å². The van der Waals surface area contributed by atoms with Crippen molar-refractivity contribution in [2.24, 2.45) is 0 Å². The number of likely N-dealkylation sites (tertiary alicyclic amines) is 1. The van der Waals surface area contributed by atoms with Gasteiger partial charge in [0.15, 0.2) is 0 Å². The minimum Gasteiger partial charge on any atom is -0.489 e. The van der Waals surface area contributed by atoms with E-state index in [9.17, 15) is 4.57 Å². The van der Waals surface area contributed by atoms with Crippen molar-refractivity contribution in [2.45, 2.75) is 12.5 Å². The Bertz CT molecular complexity index is 1330. The Kier molecular flexibility index (Phi) is 5.73. The average Bonchev–Trinajstić information content (AvgIpc) is 3.40. The third-order valence-corrected chi connectivity index (χ3v) is 7.65. The number of hydrogen-bond acceptors (Lipinski definition) is 5. The Balaban J connectivity index is 1.41. The number of fused-ring (bicyclic) bond motifs is 1. The van der Waals surface area contributed by atoms with E-state index < -0.39 is 7.14 Å². The van der Waals surface area contributed by atoms with Crippen LogP contribution < -0.4 is 15.4 Å². The molecule has 0 unspecified atom stereocenters. The van der Waals surface area contributed by atoms with E-state index in [1.54, 1.807) is 19.5 Å². The smallest absolute Gasteiger partial charge is 0.139 e. The van der Waals surface area contributed by atoms with Crippen molar-refractivity contribution in [3.63, 3.8) is 0 Å². The molecule has 2 N–H and O–H groups in total. The molecule has 1 fully saturated rings. The molecule has 0 spiro atoms. The molecule has 2 aromatic carbocycles. The van der Waals surface area contributed by atoms with Crippen LogP contribution >= 0.6 is 7.14 Å². The summed E-state index contributed by atoms with van der Waals surface area (Å²) in [6, 6.07) is 20.0. The number of nitrogens with zero attached hydrogens (tertiary/aromatic N) is 2. The summed E-state index contributed by atoms with van der Waals surface area (Å²) in [6.45, 7) is 5.64. The Labute approximate surface area is 194 Å². The first kappa shape index (κ1) is 21.7. The number of hydrogen-bond donors (Lipinski definition) is 2. The van der Waals surface area contributed by atoms with E-state index >= 15 is 0 Å². The zero-order chi connectivity index (χ0) is 23.0. The van der Waals surface area contributed by atoms with Gasteiger partial charge in [-0.25, -0.2) is 4.98 Å². The van der Waals surface area contributed by atoms with Gasteiger partial charge < -0.3 is 24.5 Å². The van der Waals surface area contributed by atoms with Gasteiger partial charge in [0.25, 0.3) is 0 Å². The molecule has 0 radical (unpaired) electrons. The van der Waals surface area contributed by atoms with Crippen molar-refractivity contribution < 1.29 is 9.30 Å². The number of H-pyrrole nitrogens is 1. The Hall–Kier alpha value is -3.08. The summed E-state index contributed by atoms with van der Waals surface area (Å²) in [5, 5.41) is 5.31. The van der Waals surface area contributed by atoms with Crippen LogP contribution in [0.2, 0.25) is 0 Å². The molecule has 0 amide bonds. The molecule has 0 bridgehead atoms. The molecule has 6 nitrogen and oxygen atoms in total. The highest BCUT2D eigenvalue weighted by Gasteiger charge is 2.21. The SMILES string of the molecule is CN1CC[C@@H](Oc2ccc(-c3cc4c(Nc5ccccc5P(C)(C)=O)ccnc4[nH]3)cc2)C1. The predicted molar refractivity (Wildman–Crippen MR) is 137 cm³/mol. The first-order chi connectivity index (χ1) is 15.9. The highest BCUT2D eigenvalue weighted by Crippen LogP contribution is 2.39. The zero-order valence-corrected chi connectivity index (χ0v) is 20.1. The molecule has 1 aliphatic rings.